The molecular weight excluding hydrogens is 340 g/mol. The van der Waals surface area contributed by atoms with Crippen molar-refractivity contribution in [1.82, 2.24) is 4.98 Å². The van der Waals surface area contributed by atoms with Crippen molar-refractivity contribution in [2.75, 3.05) is 5.75 Å². The maximum absolute atomic E-state index is 14.4. The molecule has 1 N–H and O–H groups in total. The molecule has 0 spiro atoms. The smallest absolute Gasteiger partial charge is 0.129 e. The van der Waals surface area contributed by atoms with E-state index in [9.17, 15) is 13.9 Å². The van der Waals surface area contributed by atoms with E-state index in [4.69, 9.17) is 0 Å². The van der Waals surface area contributed by atoms with Crippen LogP contribution in [0.5, 0.6) is 0 Å². The Labute approximate surface area is 151 Å². The van der Waals surface area contributed by atoms with Crippen LogP contribution in [0.4, 0.5) is 8.78 Å². The normalized spacial score (nSPS) is 19.4. The lowest BCUT2D eigenvalue weighted by molar-refractivity contribution is 0.206. The summed E-state index contributed by atoms with van der Waals surface area (Å²) in [5, 5.41) is 11.0. The predicted octanol–water partition coefficient (Wildman–Crippen LogP) is 5.22. The van der Waals surface area contributed by atoms with Crippen molar-refractivity contribution in [3.63, 3.8) is 0 Å². The molecule has 1 aliphatic rings. The number of halogens is 2. The molecule has 5 heteroatoms. The van der Waals surface area contributed by atoms with Gasteiger partial charge in [0, 0.05) is 35.7 Å². The number of rotatable bonds is 3. The van der Waals surface area contributed by atoms with Gasteiger partial charge in [-0.15, -0.1) is 11.8 Å². The number of aliphatic hydroxyl groups excluding tert-OH is 1. The van der Waals surface area contributed by atoms with E-state index in [2.05, 4.69) is 25.8 Å². The second kappa shape index (κ2) is 6.89. The van der Waals surface area contributed by atoms with Crippen LogP contribution in [0.3, 0.4) is 0 Å². The Morgan fingerprint density at radius 2 is 2.00 bits per heavy atom. The summed E-state index contributed by atoms with van der Waals surface area (Å²) in [6, 6.07) is 7.24. The molecule has 0 aliphatic carbocycles. The van der Waals surface area contributed by atoms with E-state index in [1.54, 1.807) is 30.2 Å². The molecular formula is C20H21F2NOS. The van der Waals surface area contributed by atoms with E-state index in [0.717, 1.165) is 16.5 Å². The third kappa shape index (κ3) is 3.62. The highest BCUT2D eigenvalue weighted by molar-refractivity contribution is 8.03. The number of hydrogen-bond donors (Lipinski definition) is 1. The number of pyridine rings is 1. The lowest BCUT2D eigenvalue weighted by Crippen LogP contribution is -2.15. The molecule has 25 heavy (non-hydrogen) atoms. The molecule has 1 aromatic carbocycles. The molecule has 2 nitrogen and oxygen atoms in total. The molecule has 1 aliphatic heterocycles. The fraction of sp³-hybridized carbons (Fsp3) is 0.350. The van der Waals surface area contributed by atoms with Gasteiger partial charge in [-0.2, -0.15) is 0 Å². The van der Waals surface area contributed by atoms with Crippen molar-refractivity contribution in [3.05, 3.63) is 76.0 Å². The monoisotopic (exact) mass is 361 g/mol. The minimum absolute atomic E-state index is 0.172. The molecule has 0 fully saturated rings. The minimum atomic E-state index is -0.868. The first-order chi connectivity index (χ1) is 11.8. The maximum Gasteiger partial charge on any atom is 0.129 e. The minimum Gasteiger partial charge on any atom is -0.384 e. The van der Waals surface area contributed by atoms with Gasteiger partial charge in [-0.3, -0.25) is 4.98 Å². The van der Waals surface area contributed by atoms with Crippen molar-refractivity contribution in [2.24, 2.45) is 5.41 Å². The lowest BCUT2D eigenvalue weighted by atomic mass is 9.81. The molecule has 2 atom stereocenters. The average molecular weight is 361 g/mol. The Morgan fingerprint density at radius 3 is 2.60 bits per heavy atom. The zero-order valence-electron chi connectivity index (χ0n) is 14.5. The van der Waals surface area contributed by atoms with Gasteiger partial charge in [0.25, 0.3) is 0 Å². The molecule has 2 aromatic rings. The van der Waals surface area contributed by atoms with Crippen LogP contribution < -0.4 is 0 Å². The molecule has 3 rings (SSSR count). The molecule has 2 heterocycles. The van der Waals surface area contributed by atoms with Crippen LogP contribution >= 0.6 is 11.8 Å². The van der Waals surface area contributed by atoms with Gasteiger partial charge in [-0.25, -0.2) is 8.78 Å². The molecule has 0 saturated carbocycles. The zero-order chi connectivity index (χ0) is 18.2. The van der Waals surface area contributed by atoms with Gasteiger partial charge in [-0.05, 0) is 33.6 Å². The van der Waals surface area contributed by atoms with Gasteiger partial charge < -0.3 is 5.11 Å². The van der Waals surface area contributed by atoms with Crippen molar-refractivity contribution < 1.29 is 13.9 Å². The van der Waals surface area contributed by atoms with Crippen LogP contribution in [0.1, 0.15) is 43.9 Å². The Bertz CT molecular complexity index is 799. The first kappa shape index (κ1) is 18.1. The number of allylic oxidation sites excluding steroid dienone is 1. The summed E-state index contributed by atoms with van der Waals surface area (Å²) in [5.74, 6) is -0.838. The fourth-order valence-corrected chi connectivity index (χ4v) is 4.77. The Hall–Kier alpha value is -1.72. The van der Waals surface area contributed by atoms with Crippen molar-refractivity contribution in [1.29, 1.82) is 0 Å². The van der Waals surface area contributed by atoms with Crippen molar-refractivity contribution >= 4 is 11.8 Å². The van der Waals surface area contributed by atoms with Gasteiger partial charge in [0.15, 0.2) is 0 Å². The van der Waals surface area contributed by atoms with Crippen LogP contribution in [-0.4, -0.2) is 15.8 Å². The maximum atomic E-state index is 14.4. The van der Waals surface area contributed by atoms with E-state index in [0.29, 0.717) is 16.9 Å². The Balaban J connectivity index is 2.11. The first-order valence-corrected chi connectivity index (χ1v) is 9.18. The lowest BCUT2D eigenvalue weighted by Gasteiger charge is -2.26. The summed E-state index contributed by atoms with van der Waals surface area (Å²) in [4.78, 5) is 5.13. The summed E-state index contributed by atoms with van der Waals surface area (Å²) >= 11 is 1.64. The van der Waals surface area contributed by atoms with Crippen molar-refractivity contribution in [3.8, 4) is 0 Å². The molecule has 0 saturated heterocycles. The molecule has 1 aromatic heterocycles. The van der Waals surface area contributed by atoms with Crippen LogP contribution in [0.25, 0.3) is 0 Å². The molecule has 0 bridgehead atoms. The average Bonchev–Trinajstić information content (AvgIpc) is 3.00. The Morgan fingerprint density at radius 1 is 1.24 bits per heavy atom. The van der Waals surface area contributed by atoms with Crippen LogP contribution in [0.15, 0.2) is 53.2 Å². The highest BCUT2D eigenvalue weighted by atomic mass is 32.2. The summed E-state index contributed by atoms with van der Waals surface area (Å²) in [6.07, 6.45) is 2.40. The summed E-state index contributed by atoms with van der Waals surface area (Å²) in [7, 11) is 0. The van der Waals surface area contributed by atoms with E-state index in [1.165, 1.54) is 12.1 Å². The number of hydrogen-bond acceptors (Lipinski definition) is 3. The van der Waals surface area contributed by atoms with E-state index in [1.807, 2.05) is 6.07 Å². The molecule has 0 amide bonds. The first-order valence-electron chi connectivity index (χ1n) is 8.19. The standard InChI is InChI=1S/C20H21F2NOS/c1-20(2,3)19-17(18(24)12-5-4-8-23-10-12)15(11-25-19)14-7-6-13(21)9-16(14)22/h4-10,15,18,24H,11H2,1-3H3. The summed E-state index contributed by atoms with van der Waals surface area (Å²) < 4.78 is 27.7. The number of aliphatic hydroxyl groups is 1. The quantitative estimate of drug-likeness (QED) is 0.813. The second-order valence-corrected chi connectivity index (χ2v) is 8.28. The molecule has 132 valence electrons. The third-order valence-corrected chi connectivity index (χ3v) is 5.98. The predicted molar refractivity (Wildman–Crippen MR) is 97.2 cm³/mol. The number of benzene rings is 1. The topological polar surface area (TPSA) is 33.1 Å². The molecule has 0 radical (unpaired) electrons. The van der Waals surface area contributed by atoms with Gasteiger partial charge >= 0.3 is 0 Å². The van der Waals surface area contributed by atoms with Crippen molar-refractivity contribution in [2.45, 2.75) is 32.8 Å². The largest absolute Gasteiger partial charge is 0.384 e. The highest BCUT2D eigenvalue weighted by Crippen LogP contribution is 2.53. The van der Waals surface area contributed by atoms with Crippen LogP contribution in [-0.2, 0) is 0 Å². The number of nitrogens with zero attached hydrogens (tertiary/aromatic N) is 1. The van der Waals surface area contributed by atoms with E-state index in [-0.39, 0.29) is 11.3 Å². The fourth-order valence-electron chi connectivity index (χ4n) is 3.22. The SMILES string of the molecule is CC(C)(C)C1=C(C(O)c2cccnc2)C(c2ccc(F)cc2F)CS1. The van der Waals surface area contributed by atoms with Crippen LogP contribution in [0, 0.1) is 17.0 Å². The number of thioether (sulfide) groups is 1. The van der Waals surface area contributed by atoms with Gasteiger partial charge in [-0.1, -0.05) is 32.9 Å². The third-order valence-electron chi connectivity index (χ3n) is 4.35. The number of aromatic nitrogens is 1. The Kier molecular flexibility index (Phi) is 4.98. The summed E-state index contributed by atoms with van der Waals surface area (Å²) in [6.45, 7) is 6.23. The van der Waals surface area contributed by atoms with Gasteiger partial charge in [0.2, 0.25) is 0 Å². The summed E-state index contributed by atoms with van der Waals surface area (Å²) in [5.41, 5.74) is 1.71. The molecule has 2 unspecified atom stereocenters. The van der Waals surface area contributed by atoms with E-state index < -0.39 is 17.7 Å². The second-order valence-electron chi connectivity index (χ2n) is 7.25. The van der Waals surface area contributed by atoms with Gasteiger partial charge in [0.1, 0.15) is 17.7 Å². The van der Waals surface area contributed by atoms with Gasteiger partial charge in [0.05, 0.1) is 0 Å². The zero-order valence-corrected chi connectivity index (χ0v) is 15.3. The highest BCUT2D eigenvalue weighted by Gasteiger charge is 2.38. The van der Waals surface area contributed by atoms with Crippen LogP contribution in [0.2, 0.25) is 0 Å². The van der Waals surface area contributed by atoms with E-state index >= 15 is 0 Å².